The van der Waals surface area contributed by atoms with Crippen LogP contribution < -0.4 is 9.64 Å². The molecule has 2 fully saturated rings. The number of morpholine rings is 1. The minimum Gasteiger partial charge on any atom is -0.489 e. The Morgan fingerprint density at radius 3 is 2.77 bits per heavy atom. The van der Waals surface area contributed by atoms with Gasteiger partial charge in [-0.2, -0.15) is 0 Å². The molecule has 7 nitrogen and oxygen atoms in total. The van der Waals surface area contributed by atoms with E-state index < -0.39 is 0 Å². The molecule has 0 aromatic heterocycles. The highest BCUT2D eigenvalue weighted by molar-refractivity contribution is 5.90. The van der Waals surface area contributed by atoms with E-state index in [0.29, 0.717) is 37.7 Å². The van der Waals surface area contributed by atoms with Gasteiger partial charge in [-0.15, -0.1) is 0 Å². The van der Waals surface area contributed by atoms with Gasteiger partial charge in [0.15, 0.2) is 6.29 Å². The minimum absolute atomic E-state index is 0.132. The molecule has 2 heterocycles. The third-order valence-corrected chi connectivity index (χ3v) is 4.52. The molecule has 0 bridgehead atoms. The Balaban J connectivity index is 1.62. The molecular weight excluding hydrogens is 338 g/mol. The molecule has 0 amide bonds. The van der Waals surface area contributed by atoms with Crippen molar-refractivity contribution in [2.45, 2.75) is 25.6 Å². The topological polar surface area (TPSA) is 66.5 Å². The lowest BCUT2D eigenvalue weighted by atomic mass is 10.1. The summed E-state index contributed by atoms with van der Waals surface area (Å²) in [5.74, 6) is 0.276. The van der Waals surface area contributed by atoms with Gasteiger partial charge in [-0.3, -0.25) is 0 Å². The Morgan fingerprint density at radius 1 is 1.19 bits per heavy atom. The van der Waals surface area contributed by atoms with Gasteiger partial charge in [0.05, 0.1) is 38.2 Å². The van der Waals surface area contributed by atoms with Crippen molar-refractivity contribution in [1.82, 2.24) is 0 Å². The van der Waals surface area contributed by atoms with Gasteiger partial charge in [0.2, 0.25) is 0 Å². The molecule has 1 atom stereocenters. The summed E-state index contributed by atoms with van der Waals surface area (Å²) in [4.78, 5) is 14.0. The molecular formula is C19H27NO6. The van der Waals surface area contributed by atoms with Crippen LogP contribution in [0.4, 0.5) is 5.69 Å². The number of anilines is 1. The number of nitrogens with zero attached hydrogens (tertiary/aromatic N) is 1. The van der Waals surface area contributed by atoms with E-state index in [1.165, 1.54) is 7.11 Å². The monoisotopic (exact) mass is 365 g/mol. The number of hydrogen-bond donors (Lipinski definition) is 0. The highest BCUT2D eigenvalue weighted by Crippen LogP contribution is 2.30. The average molecular weight is 365 g/mol. The zero-order chi connectivity index (χ0) is 18.2. The number of ether oxygens (including phenoxy) is 5. The number of methoxy groups -OCH3 is 1. The molecule has 0 aliphatic carbocycles. The predicted molar refractivity (Wildman–Crippen MR) is 95.9 cm³/mol. The van der Waals surface area contributed by atoms with E-state index in [9.17, 15) is 4.79 Å². The fourth-order valence-electron chi connectivity index (χ4n) is 3.11. The summed E-state index contributed by atoms with van der Waals surface area (Å²) in [6, 6.07) is 5.39. The second-order valence-corrected chi connectivity index (χ2v) is 6.29. The summed E-state index contributed by atoms with van der Waals surface area (Å²) in [6.07, 6.45) is 3.03. The molecule has 0 spiro atoms. The summed E-state index contributed by atoms with van der Waals surface area (Å²) < 4.78 is 27.4. The van der Waals surface area contributed by atoms with E-state index >= 15 is 0 Å². The molecule has 2 aliphatic rings. The molecule has 2 aliphatic heterocycles. The van der Waals surface area contributed by atoms with Gasteiger partial charge < -0.3 is 28.6 Å². The Hall–Kier alpha value is -1.83. The third kappa shape index (κ3) is 5.09. The van der Waals surface area contributed by atoms with E-state index in [1.54, 1.807) is 12.1 Å². The van der Waals surface area contributed by atoms with Crippen LogP contribution in [0.2, 0.25) is 0 Å². The van der Waals surface area contributed by atoms with Gasteiger partial charge in [-0.05, 0) is 37.5 Å². The van der Waals surface area contributed by atoms with Gasteiger partial charge >= 0.3 is 5.97 Å². The number of esters is 1. The first-order valence-corrected chi connectivity index (χ1v) is 9.19. The lowest BCUT2D eigenvalue weighted by Gasteiger charge is -2.30. The molecule has 0 saturated carbocycles. The standard InChI is InChI=1S/C19H27NO6/c1-22-19(21)15-5-6-16(20-7-10-23-11-8-20)17(14-15)24-12-13-26-18-4-2-3-9-25-18/h5-6,14,18H,2-4,7-13H2,1H3. The van der Waals surface area contributed by atoms with Gasteiger partial charge in [-0.25, -0.2) is 4.79 Å². The van der Waals surface area contributed by atoms with Gasteiger partial charge in [0.25, 0.3) is 0 Å². The van der Waals surface area contributed by atoms with Crippen molar-refractivity contribution in [2.75, 3.05) is 58.1 Å². The summed E-state index contributed by atoms with van der Waals surface area (Å²) in [5.41, 5.74) is 1.42. The van der Waals surface area contributed by atoms with Gasteiger partial charge in [0.1, 0.15) is 12.4 Å². The van der Waals surface area contributed by atoms with Crippen molar-refractivity contribution in [3.63, 3.8) is 0 Å². The number of benzene rings is 1. The zero-order valence-electron chi connectivity index (χ0n) is 15.3. The number of hydrogen-bond acceptors (Lipinski definition) is 7. The first-order chi connectivity index (χ1) is 12.8. The average Bonchev–Trinajstić information content (AvgIpc) is 2.72. The second kappa shape index (κ2) is 9.75. The van der Waals surface area contributed by atoms with Crippen molar-refractivity contribution < 1.29 is 28.5 Å². The fourth-order valence-corrected chi connectivity index (χ4v) is 3.11. The summed E-state index contributed by atoms with van der Waals surface area (Å²) >= 11 is 0. The number of carbonyl (C=O) groups is 1. The summed E-state index contributed by atoms with van der Waals surface area (Å²) in [7, 11) is 1.37. The van der Waals surface area contributed by atoms with E-state index in [0.717, 1.165) is 44.6 Å². The molecule has 26 heavy (non-hydrogen) atoms. The third-order valence-electron chi connectivity index (χ3n) is 4.52. The lowest BCUT2D eigenvalue weighted by molar-refractivity contribution is -0.165. The first-order valence-electron chi connectivity index (χ1n) is 9.19. The van der Waals surface area contributed by atoms with Crippen molar-refractivity contribution in [3.05, 3.63) is 23.8 Å². The quantitative estimate of drug-likeness (QED) is 0.542. The van der Waals surface area contributed by atoms with Crippen LogP contribution in [-0.2, 0) is 18.9 Å². The van der Waals surface area contributed by atoms with Crippen LogP contribution in [0.15, 0.2) is 18.2 Å². The molecule has 0 N–H and O–H groups in total. The Labute approximate surface area is 154 Å². The van der Waals surface area contributed by atoms with Gasteiger partial charge in [-0.1, -0.05) is 0 Å². The van der Waals surface area contributed by atoms with Crippen LogP contribution in [0.5, 0.6) is 5.75 Å². The summed E-state index contributed by atoms with van der Waals surface area (Å²) in [5, 5.41) is 0. The van der Waals surface area contributed by atoms with Crippen LogP contribution in [-0.4, -0.2) is 65.5 Å². The van der Waals surface area contributed by atoms with E-state index in [2.05, 4.69) is 4.90 Å². The molecule has 1 aromatic carbocycles. The molecule has 0 radical (unpaired) electrons. The Bertz CT molecular complexity index is 581. The van der Waals surface area contributed by atoms with Gasteiger partial charge in [0, 0.05) is 19.7 Å². The van der Waals surface area contributed by atoms with Crippen LogP contribution in [0.25, 0.3) is 0 Å². The van der Waals surface area contributed by atoms with E-state index in [1.807, 2.05) is 6.07 Å². The molecule has 3 rings (SSSR count). The summed E-state index contributed by atoms with van der Waals surface area (Å²) in [6.45, 7) is 4.53. The highest BCUT2D eigenvalue weighted by Gasteiger charge is 2.19. The van der Waals surface area contributed by atoms with Crippen LogP contribution in [0, 0.1) is 0 Å². The maximum absolute atomic E-state index is 11.8. The largest absolute Gasteiger partial charge is 0.489 e. The minimum atomic E-state index is -0.379. The van der Waals surface area contributed by atoms with Crippen molar-refractivity contribution in [2.24, 2.45) is 0 Å². The second-order valence-electron chi connectivity index (χ2n) is 6.29. The normalized spacial score (nSPS) is 20.7. The smallest absolute Gasteiger partial charge is 0.337 e. The Morgan fingerprint density at radius 2 is 2.04 bits per heavy atom. The maximum Gasteiger partial charge on any atom is 0.337 e. The maximum atomic E-state index is 11.8. The van der Waals surface area contributed by atoms with Crippen molar-refractivity contribution >= 4 is 11.7 Å². The zero-order valence-corrected chi connectivity index (χ0v) is 15.3. The van der Waals surface area contributed by atoms with Crippen molar-refractivity contribution in [3.8, 4) is 5.75 Å². The van der Waals surface area contributed by atoms with Crippen LogP contribution in [0.3, 0.4) is 0 Å². The Kier molecular flexibility index (Phi) is 7.11. The number of rotatable bonds is 7. The molecule has 7 heteroatoms. The first kappa shape index (κ1) is 18.9. The highest BCUT2D eigenvalue weighted by atomic mass is 16.7. The molecule has 1 unspecified atom stereocenters. The van der Waals surface area contributed by atoms with E-state index in [-0.39, 0.29) is 12.3 Å². The SMILES string of the molecule is COC(=O)c1ccc(N2CCOCC2)c(OCCOC2CCCCO2)c1. The fraction of sp³-hybridized carbons (Fsp3) is 0.632. The molecule has 2 saturated heterocycles. The molecule has 144 valence electrons. The molecule has 1 aromatic rings. The van der Waals surface area contributed by atoms with Crippen LogP contribution in [0.1, 0.15) is 29.6 Å². The van der Waals surface area contributed by atoms with E-state index in [4.69, 9.17) is 23.7 Å². The predicted octanol–water partition coefficient (Wildman–Crippen LogP) is 2.23. The lowest BCUT2D eigenvalue weighted by Crippen LogP contribution is -2.36. The number of carbonyl (C=O) groups excluding carboxylic acids is 1. The van der Waals surface area contributed by atoms with Crippen molar-refractivity contribution in [1.29, 1.82) is 0 Å². The van der Waals surface area contributed by atoms with Crippen LogP contribution >= 0.6 is 0 Å².